The van der Waals surface area contributed by atoms with Gasteiger partial charge in [-0.1, -0.05) is 24.3 Å². The summed E-state index contributed by atoms with van der Waals surface area (Å²) < 4.78 is 34.2. The average molecular weight is 538 g/mol. The molecule has 0 saturated carbocycles. The van der Waals surface area contributed by atoms with Gasteiger partial charge in [0.15, 0.2) is 11.6 Å². The lowest BCUT2D eigenvalue weighted by atomic mass is 9.82. The standard InChI is InChI=1S/C23H16ClN7O5S/c24-21-29-22(26)31-23(30-21)28-14-7-5-10(9-16(14)37(34,35)36)27-15-8-6-13(25)17-18(15)20(33)12-4-2-1-3-11(12)19(17)32/h1-9,27H,25H2,(H,34,35,36)(H3,26,28,29,30,31). The van der Waals surface area contributed by atoms with Gasteiger partial charge in [0.25, 0.3) is 10.1 Å². The molecule has 0 saturated heterocycles. The molecule has 0 amide bonds. The summed E-state index contributed by atoms with van der Waals surface area (Å²) in [5.41, 5.74) is 12.6. The fourth-order valence-electron chi connectivity index (χ4n) is 3.97. The Morgan fingerprint density at radius 1 is 0.811 bits per heavy atom. The molecule has 0 spiro atoms. The molecule has 4 aromatic rings. The van der Waals surface area contributed by atoms with E-state index in [4.69, 9.17) is 23.1 Å². The minimum atomic E-state index is -4.75. The Balaban J connectivity index is 1.57. The van der Waals surface area contributed by atoms with E-state index in [1.807, 2.05) is 0 Å². The molecule has 12 nitrogen and oxygen atoms in total. The van der Waals surface area contributed by atoms with Crippen molar-refractivity contribution in [3.8, 4) is 0 Å². The van der Waals surface area contributed by atoms with Crippen LogP contribution < -0.4 is 22.1 Å². The molecule has 1 heterocycles. The summed E-state index contributed by atoms with van der Waals surface area (Å²) in [5.74, 6) is -1.18. The maximum absolute atomic E-state index is 13.3. The Morgan fingerprint density at radius 3 is 2.11 bits per heavy atom. The molecular formula is C23H16ClN7O5S. The zero-order chi connectivity index (χ0) is 26.5. The molecule has 7 N–H and O–H groups in total. The Kier molecular flexibility index (Phi) is 5.75. The van der Waals surface area contributed by atoms with Crippen LogP contribution >= 0.6 is 11.6 Å². The molecule has 5 rings (SSSR count). The van der Waals surface area contributed by atoms with E-state index in [0.717, 1.165) is 6.07 Å². The third-order valence-corrected chi connectivity index (χ3v) is 6.58. The van der Waals surface area contributed by atoms with Crippen molar-refractivity contribution in [2.24, 2.45) is 0 Å². The molecule has 37 heavy (non-hydrogen) atoms. The second kappa shape index (κ2) is 8.81. The molecule has 0 atom stereocenters. The Hall–Kier alpha value is -4.59. The van der Waals surface area contributed by atoms with Gasteiger partial charge in [0.1, 0.15) is 4.90 Å². The van der Waals surface area contributed by atoms with E-state index < -0.39 is 26.6 Å². The van der Waals surface area contributed by atoms with E-state index in [9.17, 15) is 22.6 Å². The minimum Gasteiger partial charge on any atom is -0.398 e. The number of nitrogens with zero attached hydrogens (tertiary/aromatic N) is 3. The summed E-state index contributed by atoms with van der Waals surface area (Å²) in [6, 6.07) is 13.3. The van der Waals surface area contributed by atoms with Gasteiger partial charge in [0.2, 0.25) is 17.2 Å². The summed E-state index contributed by atoms with van der Waals surface area (Å²) in [4.78, 5) is 37.1. The first-order chi connectivity index (χ1) is 17.5. The van der Waals surface area contributed by atoms with Crippen LogP contribution in [-0.4, -0.2) is 39.5 Å². The molecule has 14 heteroatoms. The van der Waals surface area contributed by atoms with Crippen LogP contribution in [0.2, 0.25) is 5.28 Å². The molecule has 0 aliphatic heterocycles. The maximum Gasteiger partial charge on any atom is 0.296 e. The van der Waals surface area contributed by atoms with E-state index in [2.05, 4.69) is 25.6 Å². The Labute approximate surface area is 214 Å². The molecule has 1 aliphatic rings. The molecule has 1 aliphatic carbocycles. The third kappa shape index (κ3) is 4.42. The van der Waals surface area contributed by atoms with Gasteiger partial charge >= 0.3 is 0 Å². The zero-order valence-electron chi connectivity index (χ0n) is 18.6. The smallest absolute Gasteiger partial charge is 0.296 e. The van der Waals surface area contributed by atoms with Gasteiger partial charge in [-0.2, -0.15) is 23.4 Å². The topological polar surface area (TPSA) is 203 Å². The summed E-state index contributed by atoms with van der Waals surface area (Å²) in [7, 11) is -4.75. The van der Waals surface area contributed by atoms with Crippen LogP contribution in [0.4, 0.5) is 34.6 Å². The van der Waals surface area contributed by atoms with Gasteiger partial charge in [0, 0.05) is 22.5 Å². The van der Waals surface area contributed by atoms with Crippen molar-refractivity contribution in [2.75, 3.05) is 22.1 Å². The highest BCUT2D eigenvalue weighted by atomic mass is 35.5. The van der Waals surface area contributed by atoms with Gasteiger partial charge in [-0.25, -0.2) is 0 Å². The van der Waals surface area contributed by atoms with E-state index in [0.29, 0.717) is 0 Å². The van der Waals surface area contributed by atoms with E-state index in [1.165, 1.54) is 24.3 Å². The van der Waals surface area contributed by atoms with Crippen LogP contribution in [0.5, 0.6) is 0 Å². The number of ketones is 2. The highest BCUT2D eigenvalue weighted by Crippen LogP contribution is 2.37. The van der Waals surface area contributed by atoms with Gasteiger partial charge in [-0.15, -0.1) is 0 Å². The second-order valence-corrected chi connectivity index (χ2v) is 9.61. The summed E-state index contributed by atoms with van der Waals surface area (Å²) >= 11 is 5.76. The number of carbonyl (C=O) groups excluding carboxylic acids is 2. The molecule has 186 valence electrons. The number of nitrogen functional groups attached to an aromatic ring is 2. The number of halogens is 1. The number of anilines is 6. The highest BCUT2D eigenvalue weighted by molar-refractivity contribution is 7.86. The monoisotopic (exact) mass is 537 g/mol. The van der Waals surface area contributed by atoms with Crippen molar-refractivity contribution in [3.05, 3.63) is 82.1 Å². The van der Waals surface area contributed by atoms with Crippen molar-refractivity contribution >= 4 is 67.9 Å². The first kappa shape index (κ1) is 24.1. The summed E-state index contributed by atoms with van der Waals surface area (Å²) in [5, 5.41) is 5.35. The number of aromatic nitrogens is 3. The number of nitrogens with two attached hydrogens (primary N) is 2. The molecule has 0 fully saturated rings. The van der Waals surface area contributed by atoms with Crippen molar-refractivity contribution in [1.29, 1.82) is 0 Å². The Bertz CT molecular complexity index is 1720. The third-order valence-electron chi connectivity index (χ3n) is 5.52. The summed E-state index contributed by atoms with van der Waals surface area (Å²) in [6.45, 7) is 0. The first-order valence-electron chi connectivity index (χ1n) is 10.5. The number of benzene rings is 3. The lowest BCUT2D eigenvalue weighted by Gasteiger charge is -2.22. The minimum absolute atomic E-state index is 0.0475. The number of carbonyl (C=O) groups is 2. The largest absolute Gasteiger partial charge is 0.398 e. The molecule has 3 aromatic carbocycles. The normalized spacial score (nSPS) is 12.6. The number of fused-ring (bicyclic) bond motifs is 2. The fraction of sp³-hybridized carbons (Fsp3) is 0. The van der Waals surface area contributed by atoms with E-state index in [1.54, 1.807) is 24.3 Å². The molecule has 1 aromatic heterocycles. The maximum atomic E-state index is 13.3. The van der Waals surface area contributed by atoms with Gasteiger partial charge in [0.05, 0.1) is 22.5 Å². The lowest BCUT2D eigenvalue weighted by molar-refractivity contribution is 0.0980. The second-order valence-electron chi connectivity index (χ2n) is 7.88. The van der Waals surface area contributed by atoms with E-state index >= 15 is 0 Å². The SMILES string of the molecule is Nc1nc(Cl)nc(Nc2ccc(Nc3ccc(N)c4c3C(=O)c3ccccc3C4=O)cc2S(=O)(=O)O)n1. The van der Waals surface area contributed by atoms with Gasteiger partial charge in [-0.3, -0.25) is 14.1 Å². The highest BCUT2D eigenvalue weighted by Gasteiger charge is 2.33. The van der Waals surface area contributed by atoms with Crippen molar-refractivity contribution < 1.29 is 22.6 Å². The summed E-state index contributed by atoms with van der Waals surface area (Å²) in [6.07, 6.45) is 0. The van der Waals surface area contributed by atoms with Gasteiger partial charge < -0.3 is 22.1 Å². The molecule has 0 bridgehead atoms. The Morgan fingerprint density at radius 2 is 1.46 bits per heavy atom. The number of hydrogen-bond acceptors (Lipinski definition) is 11. The first-order valence-corrected chi connectivity index (χ1v) is 12.3. The average Bonchev–Trinajstić information content (AvgIpc) is 2.83. The predicted molar refractivity (Wildman–Crippen MR) is 136 cm³/mol. The quantitative estimate of drug-likeness (QED) is 0.162. The molecule has 0 unspecified atom stereocenters. The van der Waals surface area contributed by atoms with Crippen LogP contribution in [-0.2, 0) is 10.1 Å². The zero-order valence-corrected chi connectivity index (χ0v) is 20.1. The van der Waals surface area contributed by atoms with Crippen molar-refractivity contribution in [3.63, 3.8) is 0 Å². The molecular weight excluding hydrogens is 522 g/mol. The van der Waals surface area contributed by atoms with Crippen LogP contribution in [0.1, 0.15) is 31.8 Å². The van der Waals surface area contributed by atoms with E-state index in [-0.39, 0.29) is 62.2 Å². The molecule has 0 radical (unpaired) electrons. The predicted octanol–water partition coefficient (Wildman–Crippen LogP) is 3.20. The number of rotatable bonds is 5. The number of hydrogen-bond donors (Lipinski definition) is 5. The fourth-order valence-corrected chi connectivity index (χ4v) is 4.81. The van der Waals surface area contributed by atoms with Gasteiger partial charge in [-0.05, 0) is 41.9 Å². The van der Waals surface area contributed by atoms with Crippen LogP contribution in [0, 0.1) is 0 Å². The van der Waals surface area contributed by atoms with Crippen LogP contribution in [0.3, 0.4) is 0 Å². The number of nitrogens with one attached hydrogen (secondary N) is 2. The van der Waals surface area contributed by atoms with Crippen LogP contribution in [0.15, 0.2) is 59.5 Å². The van der Waals surface area contributed by atoms with Crippen molar-refractivity contribution in [1.82, 2.24) is 15.0 Å². The van der Waals surface area contributed by atoms with Crippen molar-refractivity contribution in [2.45, 2.75) is 4.90 Å². The lowest BCUT2D eigenvalue weighted by Crippen LogP contribution is -2.23. The van der Waals surface area contributed by atoms with Crippen LogP contribution in [0.25, 0.3) is 0 Å².